The summed E-state index contributed by atoms with van der Waals surface area (Å²) in [5, 5.41) is 8.68. The molecule has 1 unspecified atom stereocenters. The van der Waals surface area contributed by atoms with Crippen LogP contribution in [0.1, 0.15) is 46.5 Å². The van der Waals surface area contributed by atoms with Crippen LogP contribution >= 0.6 is 0 Å². The van der Waals surface area contributed by atoms with Gasteiger partial charge in [0.2, 0.25) is 0 Å². The highest BCUT2D eigenvalue weighted by atomic mass is 19.1. The predicted molar refractivity (Wildman–Crippen MR) is 110 cm³/mol. The Hall–Kier alpha value is -3.29. The number of rotatable bonds is 8. The monoisotopic (exact) mass is 410 g/mol. The molecule has 0 saturated heterocycles. The van der Waals surface area contributed by atoms with Gasteiger partial charge < -0.3 is 9.30 Å². The van der Waals surface area contributed by atoms with E-state index in [-0.39, 0.29) is 11.4 Å². The standard InChI is InChI=1S/C23H23FN2O4/c1-2-13-30-22(17-7-9-20(24)10-8-17)19-11-12-26(21(27)14-19)15-16-3-5-18(6-4-16)23(28)25-29/h3-12,14,22,29H,2,13,15H2,1H3,(H,25,28). The highest BCUT2D eigenvalue weighted by Gasteiger charge is 2.16. The van der Waals surface area contributed by atoms with E-state index in [4.69, 9.17) is 9.94 Å². The van der Waals surface area contributed by atoms with Crippen LogP contribution in [0.3, 0.4) is 0 Å². The maximum absolute atomic E-state index is 13.3. The minimum atomic E-state index is -0.595. The van der Waals surface area contributed by atoms with Crippen molar-refractivity contribution in [1.82, 2.24) is 10.0 Å². The minimum absolute atomic E-state index is 0.197. The van der Waals surface area contributed by atoms with Gasteiger partial charge in [-0.2, -0.15) is 0 Å². The molecule has 1 heterocycles. The van der Waals surface area contributed by atoms with E-state index in [9.17, 15) is 14.0 Å². The predicted octanol–water partition coefficient (Wildman–Crippen LogP) is 3.67. The zero-order valence-corrected chi connectivity index (χ0v) is 16.5. The lowest BCUT2D eigenvalue weighted by molar-refractivity contribution is 0.0706. The maximum atomic E-state index is 13.3. The molecule has 7 heteroatoms. The van der Waals surface area contributed by atoms with Crippen LogP contribution in [-0.4, -0.2) is 22.3 Å². The Balaban J connectivity index is 1.82. The van der Waals surface area contributed by atoms with Gasteiger partial charge in [0, 0.05) is 24.4 Å². The first-order valence-electron chi connectivity index (χ1n) is 9.62. The largest absolute Gasteiger partial charge is 0.369 e. The van der Waals surface area contributed by atoms with Crippen molar-refractivity contribution in [3.05, 3.63) is 105 Å². The molecule has 0 aliphatic carbocycles. The zero-order chi connectivity index (χ0) is 21.5. The summed E-state index contributed by atoms with van der Waals surface area (Å²) in [4.78, 5) is 24.1. The lowest BCUT2D eigenvalue weighted by Gasteiger charge is -2.19. The van der Waals surface area contributed by atoms with Gasteiger partial charge in [0.25, 0.3) is 11.5 Å². The summed E-state index contributed by atoms with van der Waals surface area (Å²) in [5.41, 5.74) is 4.01. The number of carbonyl (C=O) groups is 1. The molecule has 30 heavy (non-hydrogen) atoms. The number of aromatic nitrogens is 1. The Labute approximate surface area is 173 Å². The Morgan fingerprint density at radius 2 is 1.80 bits per heavy atom. The van der Waals surface area contributed by atoms with Crippen molar-refractivity contribution in [2.24, 2.45) is 0 Å². The van der Waals surface area contributed by atoms with Gasteiger partial charge in [-0.05, 0) is 53.4 Å². The number of hydrogen-bond acceptors (Lipinski definition) is 4. The van der Waals surface area contributed by atoms with E-state index in [2.05, 4.69) is 0 Å². The van der Waals surface area contributed by atoms with Crippen LogP contribution in [0.15, 0.2) is 71.7 Å². The van der Waals surface area contributed by atoms with Gasteiger partial charge in [-0.3, -0.25) is 14.8 Å². The number of hydrogen-bond donors (Lipinski definition) is 2. The van der Waals surface area contributed by atoms with E-state index in [1.54, 1.807) is 52.6 Å². The van der Waals surface area contributed by atoms with Gasteiger partial charge in [-0.15, -0.1) is 0 Å². The molecule has 0 aliphatic heterocycles. The molecule has 6 nitrogen and oxygen atoms in total. The zero-order valence-electron chi connectivity index (χ0n) is 16.5. The minimum Gasteiger partial charge on any atom is -0.369 e. The average Bonchev–Trinajstić information content (AvgIpc) is 2.77. The molecule has 0 radical (unpaired) electrons. The first-order chi connectivity index (χ1) is 14.5. The molecule has 0 aliphatic rings. The van der Waals surface area contributed by atoms with Gasteiger partial charge in [-0.1, -0.05) is 31.2 Å². The molecular formula is C23H23FN2O4. The van der Waals surface area contributed by atoms with Crippen molar-refractivity contribution in [2.75, 3.05) is 6.61 Å². The fraction of sp³-hybridized carbons (Fsp3) is 0.217. The molecule has 1 amide bonds. The summed E-state index contributed by atoms with van der Waals surface area (Å²) in [5.74, 6) is -0.923. The number of halogens is 1. The fourth-order valence-electron chi connectivity index (χ4n) is 3.10. The Kier molecular flexibility index (Phi) is 7.11. The number of nitrogens with one attached hydrogen (secondary N) is 1. The van der Waals surface area contributed by atoms with Gasteiger partial charge >= 0.3 is 0 Å². The van der Waals surface area contributed by atoms with Crippen LogP contribution in [0.25, 0.3) is 0 Å². The van der Waals surface area contributed by atoms with E-state index < -0.39 is 12.0 Å². The van der Waals surface area contributed by atoms with E-state index in [1.807, 2.05) is 13.0 Å². The number of hydroxylamine groups is 1. The van der Waals surface area contributed by atoms with Gasteiger partial charge in [0.05, 0.1) is 6.54 Å². The SMILES string of the molecule is CCCOC(c1ccc(F)cc1)c1ccn(Cc2ccc(C(=O)NO)cc2)c(=O)c1. The molecule has 1 aromatic heterocycles. The summed E-state index contributed by atoms with van der Waals surface area (Å²) >= 11 is 0. The van der Waals surface area contributed by atoms with Crippen molar-refractivity contribution in [1.29, 1.82) is 0 Å². The quantitative estimate of drug-likeness (QED) is 0.439. The number of nitrogens with zero attached hydrogens (tertiary/aromatic N) is 1. The second-order valence-corrected chi connectivity index (χ2v) is 6.87. The van der Waals surface area contributed by atoms with Crippen LogP contribution in [0.4, 0.5) is 4.39 Å². The third-order valence-corrected chi connectivity index (χ3v) is 4.65. The number of carbonyl (C=O) groups excluding carboxylic acids is 1. The molecule has 0 saturated carbocycles. The summed E-state index contributed by atoms with van der Waals surface area (Å²) in [6, 6.07) is 16.0. The van der Waals surface area contributed by atoms with E-state index in [0.29, 0.717) is 24.3 Å². The lowest BCUT2D eigenvalue weighted by Crippen LogP contribution is -2.21. The van der Waals surface area contributed by atoms with E-state index in [1.165, 1.54) is 18.2 Å². The summed E-state index contributed by atoms with van der Waals surface area (Å²) in [6.45, 7) is 2.84. The Morgan fingerprint density at radius 3 is 2.40 bits per heavy atom. The third-order valence-electron chi connectivity index (χ3n) is 4.65. The highest BCUT2D eigenvalue weighted by Crippen LogP contribution is 2.25. The maximum Gasteiger partial charge on any atom is 0.274 e. The molecule has 2 N–H and O–H groups in total. The number of benzene rings is 2. The van der Waals surface area contributed by atoms with Gasteiger partial charge in [0.15, 0.2) is 0 Å². The summed E-state index contributed by atoms with van der Waals surface area (Å²) in [7, 11) is 0. The van der Waals surface area contributed by atoms with Crippen molar-refractivity contribution in [2.45, 2.75) is 26.0 Å². The van der Waals surface area contributed by atoms with E-state index >= 15 is 0 Å². The molecule has 0 spiro atoms. The molecular weight excluding hydrogens is 387 g/mol. The Morgan fingerprint density at radius 1 is 1.10 bits per heavy atom. The smallest absolute Gasteiger partial charge is 0.274 e. The van der Waals surface area contributed by atoms with Crippen molar-refractivity contribution < 1.29 is 19.1 Å². The molecule has 1 atom stereocenters. The number of amides is 1. The molecule has 3 aromatic rings. The summed E-state index contributed by atoms with van der Waals surface area (Å²) in [6.07, 6.45) is 2.06. The number of ether oxygens (including phenoxy) is 1. The Bertz CT molecular complexity index is 1050. The first-order valence-corrected chi connectivity index (χ1v) is 9.62. The van der Waals surface area contributed by atoms with Gasteiger partial charge in [0.1, 0.15) is 11.9 Å². The van der Waals surface area contributed by atoms with Crippen LogP contribution < -0.4 is 11.0 Å². The topological polar surface area (TPSA) is 80.6 Å². The first kappa shape index (κ1) is 21.4. The van der Waals surface area contributed by atoms with Crippen molar-refractivity contribution in [3.63, 3.8) is 0 Å². The molecule has 156 valence electrons. The normalized spacial score (nSPS) is 11.8. The van der Waals surface area contributed by atoms with Crippen molar-refractivity contribution >= 4 is 5.91 Å². The van der Waals surface area contributed by atoms with Crippen LogP contribution in [0.2, 0.25) is 0 Å². The van der Waals surface area contributed by atoms with Crippen LogP contribution in [0.5, 0.6) is 0 Å². The molecule has 0 fully saturated rings. The molecule has 3 rings (SSSR count). The van der Waals surface area contributed by atoms with Crippen LogP contribution in [0, 0.1) is 5.82 Å². The average molecular weight is 410 g/mol. The van der Waals surface area contributed by atoms with Crippen LogP contribution in [-0.2, 0) is 11.3 Å². The molecule has 2 aromatic carbocycles. The summed E-state index contributed by atoms with van der Waals surface area (Å²) < 4.78 is 20.8. The molecule has 0 bridgehead atoms. The lowest BCUT2D eigenvalue weighted by atomic mass is 10.0. The van der Waals surface area contributed by atoms with E-state index in [0.717, 1.165) is 17.5 Å². The highest BCUT2D eigenvalue weighted by molar-refractivity contribution is 5.93. The van der Waals surface area contributed by atoms with Crippen molar-refractivity contribution in [3.8, 4) is 0 Å². The fourth-order valence-corrected chi connectivity index (χ4v) is 3.10. The second-order valence-electron chi connectivity index (χ2n) is 6.87. The van der Waals surface area contributed by atoms with Gasteiger partial charge in [-0.25, -0.2) is 9.87 Å². The third kappa shape index (κ3) is 5.20. The second kappa shape index (κ2) is 9.96. The number of pyridine rings is 1.